The molecule has 0 bridgehead atoms. The molecular weight excluding hydrogens is 234 g/mol. The van der Waals surface area contributed by atoms with Crippen molar-refractivity contribution in [3.8, 4) is 0 Å². The third-order valence-electron chi connectivity index (χ3n) is 3.01. The molecule has 1 N–H and O–H groups in total. The molecule has 1 amide bonds. The molecule has 2 aliphatic heterocycles. The third kappa shape index (κ3) is 2.07. The number of morpholine rings is 1. The second-order valence-electron chi connectivity index (χ2n) is 4.13. The summed E-state index contributed by atoms with van der Waals surface area (Å²) in [5.74, 6) is -0.160. The second kappa shape index (κ2) is 4.31. The summed E-state index contributed by atoms with van der Waals surface area (Å²) in [6.45, 7) is -0.174. The number of amides is 1. The van der Waals surface area contributed by atoms with E-state index in [1.54, 1.807) is 0 Å². The van der Waals surface area contributed by atoms with Gasteiger partial charge in [0.15, 0.2) is 9.84 Å². The molecule has 7 heteroatoms. The van der Waals surface area contributed by atoms with Gasteiger partial charge in [0.25, 0.3) is 0 Å². The molecule has 2 atom stereocenters. The summed E-state index contributed by atoms with van der Waals surface area (Å²) < 4.78 is 28.5. The molecule has 2 unspecified atom stereocenters. The van der Waals surface area contributed by atoms with Gasteiger partial charge in [-0.3, -0.25) is 4.79 Å². The van der Waals surface area contributed by atoms with Gasteiger partial charge in [0.1, 0.15) is 12.0 Å². The van der Waals surface area contributed by atoms with Crippen molar-refractivity contribution in [3.05, 3.63) is 0 Å². The number of ether oxygens (including phenoxy) is 1. The Morgan fingerprint density at radius 2 is 2.25 bits per heavy atom. The Balaban J connectivity index is 2.15. The van der Waals surface area contributed by atoms with Gasteiger partial charge in [-0.15, -0.1) is 0 Å². The molecule has 2 fully saturated rings. The molecule has 2 saturated heterocycles. The Hall–Kier alpha value is -0.660. The first-order chi connectivity index (χ1) is 7.54. The van der Waals surface area contributed by atoms with E-state index in [0.29, 0.717) is 12.8 Å². The summed E-state index contributed by atoms with van der Waals surface area (Å²) in [4.78, 5) is 12.9. The summed E-state index contributed by atoms with van der Waals surface area (Å²) in [5.41, 5.74) is 0. The minimum atomic E-state index is -3.18. The Kier molecular flexibility index (Phi) is 3.18. The minimum absolute atomic E-state index is 0.142. The van der Waals surface area contributed by atoms with Crippen LogP contribution in [0.4, 0.5) is 0 Å². The average Bonchev–Trinajstić information content (AvgIpc) is 2.59. The Bertz CT molecular complexity index is 379. The van der Waals surface area contributed by atoms with E-state index in [2.05, 4.69) is 0 Å². The number of hydrogen-bond donors (Lipinski definition) is 1. The van der Waals surface area contributed by atoms with E-state index in [1.807, 2.05) is 0 Å². The fourth-order valence-electron chi connectivity index (χ4n) is 2.16. The molecule has 0 spiro atoms. The van der Waals surface area contributed by atoms with Crippen LogP contribution >= 0.6 is 0 Å². The van der Waals surface area contributed by atoms with E-state index in [-0.39, 0.29) is 31.4 Å². The topological polar surface area (TPSA) is 83.9 Å². The number of nitrogens with zero attached hydrogens (tertiary/aromatic N) is 1. The van der Waals surface area contributed by atoms with Gasteiger partial charge < -0.3 is 14.7 Å². The Labute approximate surface area is 94.1 Å². The van der Waals surface area contributed by atoms with Crippen molar-refractivity contribution in [1.82, 2.24) is 4.90 Å². The lowest BCUT2D eigenvalue weighted by atomic mass is 10.2. The molecule has 92 valence electrons. The van der Waals surface area contributed by atoms with Crippen molar-refractivity contribution >= 4 is 15.7 Å². The van der Waals surface area contributed by atoms with E-state index >= 15 is 0 Å². The van der Waals surface area contributed by atoms with E-state index < -0.39 is 21.3 Å². The SMILES string of the molecule is O=C1COC(CO)CN1C1CCCS1(=O)=O. The van der Waals surface area contributed by atoms with Crippen LogP contribution in [0.5, 0.6) is 0 Å². The smallest absolute Gasteiger partial charge is 0.249 e. The van der Waals surface area contributed by atoms with Crippen molar-refractivity contribution in [1.29, 1.82) is 0 Å². The molecule has 6 nitrogen and oxygen atoms in total. The predicted molar refractivity (Wildman–Crippen MR) is 55.3 cm³/mol. The summed E-state index contributed by atoms with van der Waals surface area (Å²) >= 11 is 0. The van der Waals surface area contributed by atoms with Crippen LogP contribution in [-0.4, -0.2) is 61.3 Å². The maximum atomic E-state index is 11.7. The fourth-order valence-corrected chi connectivity index (χ4v) is 4.12. The second-order valence-corrected chi connectivity index (χ2v) is 6.40. The number of hydrogen-bond acceptors (Lipinski definition) is 5. The molecular formula is C9H15NO5S. The third-order valence-corrected chi connectivity index (χ3v) is 5.19. The molecule has 0 aromatic carbocycles. The zero-order valence-electron chi connectivity index (χ0n) is 8.83. The highest BCUT2D eigenvalue weighted by Crippen LogP contribution is 2.25. The lowest BCUT2D eigenvalue weighted by Crippen LogP contribution is -2.53. The summed E-state index contributed by atoms with van der Waals surface area (Å²) in [5, 5.41) is 8.25. The van der Waals surface area contributed by atoms with Gasteiger partial charge in [0.05, 0.1) is 25.0 Å². The normalized spacial score (nSPS) is 34.3. The van der Waals surface area contributed by atoms with Gasteiger partial charge in [-0.25, -0.2) is 8.42 Å². The van der Waals surface area contributed by atoms with Gasteiger partial charge in [0.2, 0.25) is 5.91 Å². The van der Waals surface area contributed by atoms with Crippen LogP contribution in [0.15, 0.2) is 0 Å². The monoisotopic (exact) mass is 249 g/mol. The molecule has 0 aromatic rings. The minimum Gasteiger partial charge on any atom is -0.394 e. The van der Waals surface area contributed by atoms with E-state index in [9.17, 15) is 13.2 Å². The van der Waals surface area contributed by atoms with Crippen LogP contribution in [0.25, 0.3) is 0 Å². The lowest BCUT2D eigenvalue weighted by Gasteiger charge is -2.35. The van der Waals surface area contributed by atoms with E-state index in [1.165, 1.54) is 4.90 Å². The number of sulfone groups is 1. The molecule has 2 heterocycles. The van der Waals surface area contributed by atoms with E-state index in [0.717, 1.165) is 0 Å². The maximum absolute atomic E-state index is 11.7. The average molecular weight is 249 g/mol. The number of rotatable bonds is 2. The molecule has 2 rings (SSSR count). The largest absolute Gasteiger partial charge is 0.394 e. The first-order valence-electron chi connectivity index (χ1n) is 5.28. The summed E-state index contributed by atoms with van der Waals surface area (Å²) in [6.07, 6.45) is 0.627. The molecule has 0 radical (unpaired) electrons. The summed E-state index contributed by atoms with van der Waals surface area (Å²) in [7, 11) is -3.18. The van der Waals surface area contributed by atoms with Crippen molar-refractivity contribution in [2.75, 3.05) is 25.5 Å². The standard InChI is InChI=1S/C9H15NO5S/c11-5-7-4-10(8(12)6-15-7)9-2-1-3-16(9,13)14/h7,9,11H,1-6H2. The van der Waals surface area contributed by atoms with E-state index in [4.69, 9.17) is 9.84 Å². The molecule has 0 saturated carbocycles. The maximum Gasteiger partial charge on any atom is 0.249 e. The van der Waals surface area contributed by atoms with Crippen molar-refractivity contribution in [2.45, 2.75) is 24.3 Å². The Morgan fingerprint density at radius 3 is 2.81 bits per heavy atom. The lowest BCUT2D eigenvalue weighted by molar-refractivity contribution is -0.152. The summed E-state index contributed by atoms with van der Waals surface area (Å²) in [6, 6.07) is 0. The fraction of sp³-hybridized carbons (Fsp3) is 0.889. The quantitative estimate of drug-likeness (QED) is 0.660. The van der Waals surface area contributed by atoms with Crippen molar-refractivity contribution in [3.63, 3.8) is 0 Å². The van der Waals surface area contributed by atoms with Crippen LogP contribution in [0.3, 0.4) is 0 Å². The molecule has 2 aliphatic rings. The van der Waals surface area contributed by atoms with Crippen molar-refractivity contribution < 1.29 is 23.1 Å². The van der Waals surface area contributed by atoms with Gasteiger partial charge >= 0.3 is 0 Å². The highest BCUT2D eigenvalue weighted by molar-refractivity contribution is 7.92. The zero-order chi connectivity index (χ0) is 11.8. The zero-order valence-corrected chi connectivity index (χ0v) is 9.65. The first-order valence-corrected chi connectivity index (χ1v) is 6.99. The highest BCUT2D eigenvalue weighted by atomic mass is 32.2. The van der Waals surface area contributed by atoms with Crippen molar-refractivity contribution in [2.24, 2.45) is 0 Å². The molecule has 0 aromatic heterocycles. The van der Waals surface area contributed by atoms with Gasteiger partial charge in [-0.2, -0.15) is 0 Å². The predicted octanol–water partition coefficient (Wildman–Crippen LogP) is -1.26. The number of aliphatic hydroxyl groups is 1. The van der Waals surface area contributed by atoms with Gasteiger partial charge in [-0.05, 0) is 12.8 Å². The van der Waals surface area contributed by atoms with Gasteiger partial charge in [0, 0.05) is 0 Å². The molecule has 0 aliphatic carbocycles. The van der Waals surface area contributed by atoms with Crippen LogP contribution in [0, 0.1) is 0 Å². The van der Waals surface area contributed by atoms with Crippen LogP contribution < -0.4 is 0 Å². The first kappa shape index (κ1) is 11.8. The number of carbonyl (C=O) groups is 1. The number of aliphatic hydroxyl groups excluding tert-OH is 1. The van der Waals surface area contributed by atoms with Crippen LogP contribution in [0.2, 0.25) is 0 Å². The van der Waals surface area contributed by atoms with Crippen LogP contribution in [-0.2, 0) is 19.4 Å². The molecule has 16 heavy (non-hydrogen) atoms. The Morgan fingerprint density at radius 1 is 1.50 bits per heavy atom. The number of carbonyl (C=O) groups excluding carboxylic acids is 1. The van der Waals surface area contributed by atoms with Crippen LogP contribution in [0.1, 0.15) is 12.8 Å². The highest BCUT2D eigenvalue weighted by Gasteiger charge is 2.41. The van der Waals surface area contributed by atoms with Gasteiger partial charge in [-0.1, -0.05) is 0 Å².